The Balaban J connectivity index is 2.09. The number of anilines is 2. The van der Waals surface area contributed by atoms with Crippen molar-refractivity contribution in [1.29, 1.82) is 0 Å². The van der Waals surface area contributed by atoms with Gasteiger partial charge in [-0.3, -0.25) is 4.98 Å². The van der Waals surface area contributed by atoms with Gasteiger partial charge in [-0.1, -0.05) is 35.9 Å². The number of methoxy groups -OCH3 is 1. The van der Waals surface area contributed by atoms with E-state index in [9.17, 15) is 0 Å². The largest absolute Gasteiger partial charge is 0.495 e. The van der Waals surface area contributed by atoms with Crippen LogP contribution in [0.3, 0.4) is 0 Å². The molecule has 0 radical (unpaired) electrons. The number of nitrogens with zero attached hydrogens (tertiary/aromatic N) is 1. The minimum Gasteiger partial charge on any atom is -0.495 e. The summed E-state index contributed by atoms with van der Waals surface area (Å²) in [5.74, 6) is 0.791. The molecule has 1 aromatic heterocycles. The minimum atomic E-state index is 0.645. The molecule has 0 saturated carbocycles. The first-order chi connectivity index (χ1) is 9.79. The van der Waals surface area contributed by atoms with Gasteiger partial charge < -0.3 is 10.1 Å². The number of halogens is 1. The van der Waals surface area contributed by atoms with Crippen molar-refractivity contribution in [1.82, 2.24) is 4.98 Å². The first kappa shape index (κ1) is 12.8. The molecule has 2 aromatic carbocycles. The maximum absolute atomic E-state index is 6.18. The molecule has 20 heavy (non-hydrogen) atoms. The molecule has 0 bridgehead atoms. The molecule has 0 unspecified atom stereocenters. The van der Waals surface area contributed by atoms with Gasteiger partial charge in [-0.05, 0) is 24.3 Å². The molecule has 0 spiro atoms. The van der Waals surface area contributed by atoms with Gasteiger partial charge >= 0.3 is 0 Å². The van der Waals surface area contributed by atoms with E-state index in [2.05, 4.69) is 10.3 Å². The highest BCUT2D eigenvalue weighted by Crippen LogP contribution is 2.32. The van der Waals surface area contributed by atoms with E-state index in [0.717, 1.165) is 28.0 Å². The quantitative estimate of drug-likeness (QED) is 0.761. The summed E-state index contributed by atoms with van der Waals surface area (Å²) in [5.41, 5.74) is 2.64. The number of hydrogen-bond donors (Lipinski definition) is 1. The topological polar surface area (TPSA) is 34.1 Å². The highest BCUT2D eigenvalue weighted by atomic mass is 35.5. The maximum Gasteiger partial charge on any atom is 0.142 e. The van der Waals surface area contributed by atoms with Crippen molar-refractivity contribution >= 4 is 33.9 Å². The lowest BCUT2D eigenvalue weighted by atomic mass is 10.1. The Morgan fingerprint density at radius 2 is 1.85 bits per heavy atom. The molecule has 3 nitrogen and oxygen atoms in total. The average Bonchev–Trinajstić information content (AvgIpc) is 2.49. The van der Waals surface area contributed by atoms with Crippen LogP contribution in [0.2, 0.25) is 5.02 Å². The van der Waals surface area contributed by atoms with Gasteiger partial charge in [-0.2, -0.15) is 0 Å². The maximum atomic E-state index is 6.18. The van der Waals surface area contributed by atoms with Crippen molar-refractivity contribution in [3.63, 3.8) is 0 Å². The third-order valence-electron chi connectivity index (χ3n) is 3.10. The molecule has 0 atom stereocenters. The third-order valence-corrected chi connectivity index (χ3v) is 3.40. The van der Waals surface area contributed by atoms with Gasteiger partial charge in [-0.25, -0.2) is 0 Å². The standard InChI is InChI=1S/C16H13ClN2O/c1-20-15-8-3-2-7-14(15)19-13-9-10-18-16-11(13)5-4-6-12(16)17/h2-10H,1H3,(H,18,19). The summed E-state index contributed by atoms with van der Waals surface area (Å²) in [4.78, 5) is 4.32. The van der Waals surface area contributed by atoms with Crippen LogP contribution >= 0.6 is 11.6 Å². The fraction of sp³-hybridized carbons (Fsp3) is 0.0625. The molecule has 0 aliphatic heterocycles. The van der Waals surface area contributed by atoms with Gasteiger partial charge in [0.25, 0.3) is 0 Å². The smallest absolute Gasteiger partial charge is 0.142 e. The van der Waals surface area contributed by atoms with E-state index in [-0.39, 0.29) is 0 Å². The Morgan fingerprint density at radius 3 is 2.70 bits per heavy atom. The number of hydrogen-bond acceptors (Lipinski definition) is 3. The summed E-state index contributed by atoms with van der Waals surface area (Å²) in [7, 11) is 1.65. The molecule has 3 aromatic rings. The number of para-hydroxylation sites is 3. The Kier molecular flexibility index (Phi) is 3.44. The van der Waals surface area contributed by atoms with Crippen molar-refractivity contribution in [2.75, 3.05) is 12.4 Å². The molecule has 3 rings (SSSR count). The number of fused-ring (bicyclic) bond motifs is 1. The van der Waals surface area contributed by atoms with Crippen LogP contribution in [0.4, 0.5) is 11.4 Å². The fourth-order valence-corrected chi connectivity index (χ4v) is 2.37. The van der Waals surface area contributed by atoms with Crippen LogP contribution in [0, 0.1) is 0 Å². The molecule has 1 N–H and O–H groups in total. The van der Waals surface area contributed by atoms with E-state index in [1.165, 1.54) is 0 Å². The lowest BCUT2D eigenvalue weighted by molar-refractivity contribution is 0.417. The van der Waals surface area contributed by atoms with Crippen LogP contribution in [-0.2, 0) is 0 Å². The van der Waals surface area contributed by atoms with Crippen LogP contribution in [0.5, 0.6) is 5.75 Å². The number of pyridine rings is 1. The number of aromatic nitrogens is 1. The highest BCUT2D eigenvalue weighted by molar-refractivity contribution is 6.35. The molecule has 0 aliphatic carbocycles. The van der Waals surface area contributed by atoms with E-state index in [1.54, 1.807) is 13.3 Å². The zero-order valence-electron chi connectivity index (χ0n) is 10.9. The molecular weight excluding hydrogens is 272 g/mol. The molecular formula is C16H13ClN2O. The number of rotatable bonds is 3. The van der Waals surface area contributed by atoms with Gasteiger partial charge in [-0.15, -0.1) is 0 Å². The first-order valence-electron chi connectivity index (χ1n) is 6.23. The Bertz CT molecular complexity index is 758. The Morgan fingerprint density at radius 1 is 1.00 bits per heavy atom. The van der Waals surface area contributed by atoms with Crippen molar-refractivity contribution in [2.24, 2.45) is 0 Å². The van der Waals surface area contributed by atoms with E-state index < -0.39 is 0 Å². The van der Waals surface area contributed by atoms with Crippen molar-refractivity contribution in [2.45, 2.75) is 0 Å². The summed E-state index contributed by atoms with van der Waals surface area (Å²) in [5, 5.41) is 4.99. The van der Waals surface area contributed by atoms with E-state index in [0.29, 0.717) is 5.02 Å². The zero-order valence-corrected chi connectivity index (χ0v) is 11.7. The van der Waals surface area contributed by atoms with E-state index in [1.807, 2.05) is 48.5 Å². The molecule has 0 aliphatic rings. The Hall–Kier alpha value is -2.26. The predicted octanol–water partition coefficient (Wildman–Crippen LogP) is 4.64. The van der Waals surface area contributed by atoms with Crippen molar-refractivity contribution in [3.05, 3.63) is 59.8 Å². The monoisotopic (exact) mass is 284 g/mol. The second-order valence-corrected chi connectivity index (χ2v) is 4.73. The number of nitrogens with one attached hydrogen (secondary N) is 1. The summed E-state index contributed by atoms with van der Waals surface area (Å²) >= 11 is 6.18. The van der Waals surface area contributed by atoms with Crippen LogP contribution < -0.4 is 10.1 Å². The van der Waals surface area contributed by atoms with Crippen LogP contribution in [0.25, 0.3) is 10.9 Å². The van der Waals surface area contributed by atoms with Crippen LogP contribution in [0.15, 0.2) is 54.7 Å². The molecule has 100 valence electrons. The van der Waals surface area contributed by atoms with Gasteiger partial charge in [0.05, 0.1) is 23.3 Å². The molecule has 1 heterocycles. The number of ether oxygens (including phenoxy) is 1. The molecule has 0 amide bonds. The SMILES string of the molecule is COc1ccccc1Nc1ccnc2c(Cl)cccc12. The summed E-state index contributed by atoms with van der Waals surface area (Å²) < 4.78 is 5.35. The molecule has 4 heteroatoms. The molecule has 0 saturated heterocycles. The van der Waals surface area contributed by atoms with Gasteiger partial charge in [0, 0.05) is 17.3 Å². The number of benzene rings is 2. The second kappa shape index (κ2) is 5.39. The van der Waals surface area contributed by atoms with Gasteiger partial charge in [0.2, 0.25) is 0 Å². The van der Waals surface area contributed by atoms with E-state index >= 15 is 0 Å². The lowest BCUT2D eigenvalue weighted by Crippen LogP contribution is -1.95. The fourth-order valence-electron chi connectivity index (χ4n) is 2.14. The summed E-state index contributed by atoms with van der Waals surface area (Å²) in [6.07, 6.45) is 1.74. The summed E-state index contributed by atoms with van der Waals surface area (Å²) in [6.45, 7) is 0. The van der Waals surface area contributed by atoms with Crippen LogP contribution in [-0.4, -0.2) is 12.1 Å². The third kappa shape index (κ3) is 2.28. The van der Waals surface area contributed by atoms with Crippen molar-refractivity contribution in [3.8, 4) is 5.75 Å². The lowest BCUT2D eigenvalue weighted by Gasteiger charge is -2.13. The first-order valence-corrected chi connectivity index (χ1v) is 6.60. The normalized spacial score (nSPS) is 10.5. The second-order valence-electron chi connectivity index (χ2n) is 4.32. The predicted molar refractivity (Wildman–Crippen MR) is 83.0 cm³/mol. The molecule has 0 fully saturated rings. The minimum absolute atomic E-state index is 0.645. The van der Waals surface area contributed by atoms with Gasteiger partial charge in [0.1, 0.15) is 5.75 Å². The van der Waals surface area contributed by atoms with Gasteiger partial charge in [0.15, 0.2) is 0 Å². The van der Waals surface area contributed by atoms with E-state index in [4.69, 9.17) is 16.3 Å². The zero-order chi connectivity index (χ0) is 13.9. The van der Waals surface area contributed by atoms with Crippen LogP contribution in [0.1, 0.15) is 0 Å². The Labute approximate surface area is 122 Å². The average molecular weight is 285 g/mol. The summed E-state index contributed by atoms with van der Waals surface area (Å²) in [6, 6.07) is 15.4. The van der Waals surface area contributed by atoms with Crippen molar-refractivity contribution < 1.29 is 4.74 Å². The highest BCUT2D eigenvalue weighted by Gasteiger charge is 2.07.